The molecular weight excluding hydrogens is 370 g/mol. The highest BCUT2D eigenvalue weighted by Crippen LogP contribution is 2.26. The van der Waals surface area contributed by atoms with E-state index >= 15 is 0 Å². The Morgan fingerprint density at radius 1 is 1.15 bits per heavy atom. The minimum atomic E-state index is -1.28. The van der Waals surface area contributed by atoms with E-state index in [4.69, 9.17) is 9.47 Å². The summed E-state index contributed by atoms with van der Waals surface area (Å²) in [5.74, 6) is -0.343. The van der Waals surface area contributed by atoms with E-state index in [1.165, 1.54) is 12.6 Å². The van der Waals surface area contributed by atoms with Crippen molar-refractivity contribution >= 4 is 22.1 Å². The molecule has 0 spiro atoms. The van der Waals surface area contributed by atoms with Crippen LogP contribution < -0.4 is 5.32 Å². The van der Waals surface area contributed by atoms with Gasteiger partial charge in [0.05, 0.1) is 6.61 Å². The number of hydrogen-bond donors (Lipinski definition) is 4. The lowest BCUT2D eigenvalue weighted by Gasteiger charge is -2.42. The predicted molar refractivity (Wildman–Crippen MR) is 106 cm³/mol. The standard InChI is InChI=1S/C17H37NO6Si2/c1-12(20)18-14-16(22)15(21)13(10-19)24-17(14)23-8-7-9-26(5,6)11-25(2,3)4/h13-17,19,21-22H,7-11H2,1-6H3,(H,18,20)/t13-,14-,15-,16-,17-/m1/s1. The molecule has 4 N–H and O–H groups in total. The van der Waals surface area contributed by atoms with Gasteiger partial charge < -0.3 is 30.1 Å². The number of aliphatic hydroxyl groups excluding tert-OH is 3. The van der Waals surface area contributed by atoms with Crippen LogP contribution in [0.1, 0.15) is 13.3 Å². The Balaban J connectivity index is 2.60. The molecule has 0 aromatic rings. The largest absolute Gasteiger partial charge is 0.394 e. The van der Waals surface area contributed by atoms with Gasteiger partial charge in [-0.3, -0.25) is 4.79 Å². The maximum Gasteiger partial charge on any atom is 0.217 e. The van der Waals surface area contributed by atoms with E-state index in [1.807, 2.05) is 0 Å². The molecule has 1 fully saturated rings. The van der Waals surface area contributed by atoms with Crippen LogP contribution in [-0.4, -0.2) is 81.2 Å². The topological polar surface area (TPSA) is 108 Å². The fourth-order valence-electron chi connectivity index (χ4n) is 3.89. The smallest absolute Gasteiger partial charge is 0.217 e. The molecule has 0 aliphatic carbocycles. The molecule has 154 valence electrons. The summed E-state index contributed by atoms with van der Waals surface area (Å²) < 4.78 is 11.4. The van der Waals surface area contributed by atoms with Crippen molar-refractivity contribution in [2.75, 3.05) is 13.2 Å². The monoisotopic (exact) mass is 407 g/mol. The Labute approximate surface area is 159 Å². The van der Waals surface area contributed by atoms with Gasteiger partial charge in [0.25, 0.3) is 0 Å². The average molecular weight is 408 g/mol. The minimum absolute atomic E-state index is 0.343. The third kappa shape index (κ3) is 7.75. The van der Waals surface area contributed by atoms with Crippen LogP contribution in [0.2, 0.25) is 44.4 Å². The van der Waals surface area contributed by atoms with Crippen molar-refractivity contribution in [2.45, 2.75) is 88.4 Å². The highest BCUT2D eigenvalue weighted by atomic mass is 28.4. The molecule has 0 unspecified atom stereocenters. The van der Waals surface area contributed by atoms with Crippen LogP contribution in [0.25, 0.3) is 0 Å². The van der Waals surface area contributed by atoms with E-state index < -0.39 is 53.4 Å². The SMILES string of the molecule is CC(=O)N[C@H]1[C@H](OCCC[Si](C)(C)C[Si](C)(C)C)O[C@H](CO)[C@@H](O)[C@@H]1O. The molecule has 26 heavy (non-hydrogen) atoms. The van der Waals surface area contributed by atoms with Gasteiger partial charge in [0.2, 0.25) is 5.91 Å². The molecule has 0 bridgehead atoms. The lowest BCUT2D eigenvalue weighted by atomic mass is 9.97. The molecular formula is C17H37NO6Si2. The summed E-state index contributed by atoms with van der Waals surface area (Å²) in [7, 11) is -2.36. The number of rotatable bonds is 9. The van der Waals surface area contributed by atoms with Crippen LogP contribution in [0.4, 0.5) is 0 Å². The Hall–Kier alpha value is -0.296. The number of amides is 1. The lowest BCUT2D eigenvalue weighted by Crippen LogP contribution is -2.64. The van der Waals surface area contributed by atoms with E-state index in [-0.39, 0.29) is 5.91 Å². The number of aliphatic hydroxyl groups is 3. The quantitative estimate of drug-likeness (QED) is 0.334. The van der Waals surface area contributed by atoms with Gasteiger partial charge in [0, 0.05) is 29.7 Å². The predicted octanol–water partition coefficient (Wildman–Crippen LogP) is 0.923. The Morgan fingerprint density at radius 2 is 1.77 bits per heavy atom. The third-order valence-corrected chi connectivity index (χ3v) is 14.3. The first-order valence-corrected chi connectivity index (χ1v) is 16.5. The summed E-state index contributed by atoms with van der Waals surface area (Å²) in [4.78, 5) is 11.4. The van der Waals surface area contributed by atoms with Crippen molar-refractivity contribution in [1.29, 1.82) is 0 Å². The Morgan fingerprint density at radius 3 is 2.27 bits per heavy atom. The third-order valence-electron chi connectivity index (χ3n) is 4.54. The second kappa shape index (κ2) is 9.76. The van der Waals surface area contributed by atoms with Crippen LogP contribution in [0, 0.1) is 0 Å². The van der Waals surface area contributed by atoms with E-state index in [2.05, 4.69) is 38.1 Å². The summed E-state index contributed by atoms with van der Waals surface area (Å²) in [6, 6.07) is 0.279. The number of ether oxygens (including phenoxy) is 2. The molecule has 9 heteroatoms. The zero-order valence-corrected chi connectivity index (χ0v) is 19.0. The molecule has 1 aliphatic heterocycles. The summed E-state index contributed by atoms with van der Waals surface area (Å²) >= 11 is 0. The van der Waals surface area contributed by atoms with Crippen LogP contribution in [0.3, 0.4) is 0 Å². The molecule has 0 aromatic heterocycles. The van der Waals surface area contributed by atoms with Crippen molar-refractivity contribution < 1.29 is 29.6 Å². The van der Waals surface area contributed by atoms with Crippen LogP contribution in [0.5, 0.6) is 0 Å². The summed E-state index contributed by atoms with van der Waals surface area (Å²) in [5, 5.41) is 32.1. The van der Waals surface area contributed by atoms with Gasteiger partial charge >= 0.3 is 0 Å². The van der Waals surface area contributed by atoms with Crippen LogP contribution in [-0.2, 0) is 14.3 Å². The molecule has 1 aliphatic rings. The summed E-state index contributed by atoms with van der Waals surface area (Å²) in [6.07, 6.45) is -3.47. The number of carbonyl (C=O) groups excluding carboxylic acids is 1. The zero-order valence-electron chi connectivity index (χ0n) is 17.0. The second-order valence-electron chi connectivity index (χ2n) is 9.31. The lowest BCUT2D eigenvalue weighted by molar-refractivity contribution is -0.270. The molecule has 7 nitrogen and oxygen atoms in total. The molecule has 0 aromatic carbocycles. The summed E-state index contributed by atoms with van der Waals surface area (Å²) in [5.41, 5.74) is 1.37. The van der Waals surface area contributed by atoms with E-state index in [0.717, 1.165) is 12.5 Å². The van der Waals surface area contributed by atoms with Crippen molar-refractivity contribution in [3.63, 3.8) is 0 Å². The van der Waals surface area contributed by atoms with E-state index in [1.54, 1.807) is 0 Å². The number of carbonyl (C=O) groups is 1. The van der Waals surface area contributed by atoms with Gasteiger partial charge in [0.15, 0.2) is 6.29 Å². The van der Waals surface area contributed by atoms with Gasteiger partial charge in [-0.1, -0.05) is 44.4 Å². The molecule has 5 atom stereocenters. The number of hydrogen-bond acceptors (Lipinski definition) is 6. The number of nitrogens with one attached hydrogen (secondary N) is 1. The fraction of sp³-hybridized carbons (Fsp3) is 0.941. The minimum Gasteiger partial charge on any atom is -0.394 e. The van der Waals surface area contributed by atoms with Gasteiger partial charge in [-0.2, -0.15) is 0 Å². The van der Waals surface area contributed by atoms with E-state index in [0.29, 0.717) is 6.61 Å². The molecule has 0 radical (unpaired) electrons. The first-order valence-electron chi connectivity index (χ1n) is 9.37. The van der Waals surface area contributed by atoms with E-state index in [9.17, 15) is 20.1 Å². The second-order valence-corrected chi connectivity index (χ2v) is 20.7. The van der Waals surface area contributed by atoms with Gasteiger partial charge in [0.1, 0.15) is 24.4 Å². The molecule has 1 amide bonds. The van der Waals surface area contributed by atoms with Crippen LogP contribution >= 0.6 is 0 Å². The van der Waals surface area contributed by atoms with Gasteiger partial charge in [-0.15, -0.1) is 0 Å². The highest BCUT2D eigenvalue weighted by molar-refractivity contribution is 6.94. The molecule has 1 saturated heterocycles. The maximum absolute atomic E-state index is 11.4. The van der Waals surface area contributed by atoms with Gasteiger partial charge in [-0.25, -0.2) is 0 Å². The highest BCUT2D eigenvalue weighted by Gasteiger charge is 2.45. The normalized spacial score (nSPS) is 30.3. The fourth-order valence-corrected chi connectivity index (χ4v) is 17.2. The van der Waals surface area contributed by atoms with Crippen molar-refractivity contribution in [2.24, 2.45) is 0 Å². The molecule has 1 rings (SSSR count). The average Bonchev–Trinajstić information content (AvgIpc) is 2.47. The Bertz CT molecular complexity index is 457. The first kappa shape index (κ1) is 23.7. The first-order chi connectivity index (χ1) is 11.9. The van der Waals surface area contributed by atoms with Crippen molar-refractivity contribution in [1.82, 2.24) is 5.32 Å². The van der Waals surface area contributed by atoms with Crippen molar-refractivity contribution in [3.8, 4) is 0 Å². The van der Waals surface area contributed by atoms with Gasteiger partial charge in [-0.05, 0) is 6.42 Å². The van der Waals surface area contributed by atoms with Crippen molar-refractivity contribution in [3.05, 3.63) is 0 Å². The summed E-state index contributed by atoms with van der Waals surface area (Å²) in [6.45, 7) is 13.4. The maximum atomic E-state index is 11.4. The zero-order chi connectivity index (χ0) is 20.1. The Kier molecular flexibility index (Phi) is 8.92. The molecule has 1 heterocycles. The molecule has 0 saturated carbocycles. The van der Waals surface area contributed by atoms with Crippen LogP contribution in [0.15, 0.2) is 0 Å².